The molecular formula is C55H37N2OPS. The molecule has 0 atom stereocenters. The summed E-state index contributed by atoms with van der Waals surface area (Å²) in [7, 11) is -3.13. The highest BCUT2D eigenvalue weighted by atomic mass is 32.2. The molecule has 0 amide bonds. The topological polar surface area (TPSA) is 25.2 Å². The van der Waals surface area contributed by atoms with Crippen LogP contribution in [0.1, 0.15) is 22.3 Å². The summed E-state index contributed by atoms with van der Waals surface area (Å²) in [5, 5.41) is 4.92. The first kappa shape index (κ1) is 35.1. The maximum absolute atomic E-state index is 15.3. The molecule has 3 heterocycles. The molecule has 0 bridgehead atoms. The Kier molecular flexibility index (Phi) is 7.97. The molecule has 0 saturated carbocycles. The fraction of sp³-hybridized carbons (Fsp3) is 0.0182. The van der Waals surface area contributed by atoms with Crippen molar-refractivity contribution < 1.29 is 4.57 Å². The van der Waals surface area contributed by atoms with Crippen LogP contribution in [0.4, 0.5) is 17.1 Å². The van der Waals surface area contributed by atoms with Gasteiger partial charge in [-0.2, -0.15) is 0 Å². The summed E-state index contributed by atoms with van der Waals surface area (Å²) < 4.78 is 17.7. The molecule has 60 heavy (non-hydrogen) atoms. The summed E-state index contributed by atoms with van der Waals surface area (Å²) in [6.45, 7) is 0. The van der Waals surface area contributed by atoms with Gasteiger partial charge in [0.25, 0.3) is 0 Å². The van der Waals surface area contributed by atoms with E-state index in [-0.39, 0.29) is 0 Å². The van der Waals surface area contributed by atoms with Crippen molar-refractivity contribution in [2.75, 3.05) is 4.90 Å². The van der Waals surface area contributed by atoms with E-state index in [0.29, 0.717) is 0 Å². The van der Waals surface area contributed by atoms with Crippen molar-refractivity contribution in [2.45, 2.75) is 15.2 Å². The van der Waals surface area contributed by atoms with Gasteiger partial charge >= 0.3 is 0 Å². The maximum Gasteiger partial charge on any atom is 0.171 e. The maximum atomic E-state index is 15.3. The Labute approximate surface area is 353 Å². The van der Waals surface area contributed by atoms with Gasteiger partial charge in [0.05, 0.1) is 27.8 Å². The number of hydrogen-bond acceptors (Lipinski definition) is 3. The molecule has 12 rings (SSSR count). The second-order valence-corrected chi connectivity index (χ2v) is 19.4. The molecule has 10 aromatic rings. The SMILES string of the molecule is O=P(c1ccccc1)(c1ccccc1)c1ccc(-n2c3ccccc3c3c4c(ccc32)C2(c3ccccc3S4)c3ccccc3N(c3ccccc3)c3ccccc32)cc1. The number of aromatic nitrogens is 1. The van der Waals surface area contributed by atoms with Gasteiger partial charge in [-0.3, -0.25) is 0 Å². The first-order valence-electron chi connectivity index (χ1n) is 20.4. The zero-order chi connectivity index (χ0) is 39.8. The molecule has 0 N–H and O–H groups in total. The molecular weight excluding hydrogens is 768 g/mol. The summed E-state index contributed by atoms with van der Waals surface area (Å²) in [6.07, 6.45) is 0. The van der Waals surface area contributed by atoms with Gasteiger partial charge in [-0.15, -0.1) is 0 Å². The van der Waals surface area contributed by atoms with Gasteiger partial charge in [0.15, 0.2) is 7.14 Å². The Morgan fingerprint density at radius 1 is 0.400 bits per heavy atom. The molecule has 1 spiro atoms. The van der Waals surface area contributed by atoms with Gasteiger partial charge in [0, 0.05) is 47.9 Å². The number of nitrogens with zero attached hydrogens (tertiary/aromatic N) is 2. The van der Waals surface area contributed by atoms with Crippen molar-refractivity contribution in [1.82, 2.24) is 4.57 Å². The number of benzene rings is 9. The van der Waals surface area contributed by atoms with Gasteiger partial charge < -0.3 is 14.0 Å². The summed E-state index contributed by atoms with van der Waals surface area (Å²) in [5.74, 6) is 0. The number of anilines is 3. The molecule has 1 aromatic heterocycles. The lowest BCUT2D eigenvalue weighted by atomic mass is 9.62. The minimum Gasteiger partial charge on any atom is -0.310 e. The Hall–Kier alpha value is -6.84. The zero-order valence-corrected chi connectivity index (χ0v) is 34.2. The fourth-order valence-electron chi connectivity index (χ4n) is 10.0. The van der Waals surface area contributed by atoms with Crippen LogP contribution in [-0.4, -0.2) is 4.57 Å². The van der Waals surface area contributed by atoms with Crippen LogP contribution in [0.3, 0.4) is 0 Å². The second kappa shape index (κ2) is 13.6. The van der Waals surface area contributed by atoms with Crippen LogP contribution in [0.5, 0.6) is 0 Å². The molecule has 2 aliphatic rings. The van der Waals surface area contributed by atoms with Crippen LogP contribution in [0.25, 0.3) is 27.5 Å². The fourth-order valence-corrected chi connectivity index (χ4v) is 14.0. The van der Waals surface area contributed by atoms with Crippen LogP contribution in [-0.2, 0) is 9.98 Å². The van der Waals surface area contributed by atoms with E-state index in [1.54, 1.807) is 0 Å². The van der Waals surface area contributed by atoms with Crippen LogP contribution in [0.2, 0.25) is 0 Å². The molecule has 0 radical (unpaired) electrons. The van der Waals surface area contributed by atoms with Gasteiger partial charge in [-0.25, -0.2) is 0 Å². The Morgan fingerprint density at radius 2 is 0.917 bits per heavy atom. The van der Waals surface area contributed by atoms with Gasteiger partial charge in [0.2, 0.25) is 0 Å². The average molecular weight is 805 g/mol. The van der Waals surface area contributed by atoms with Crippen LogP contribution >= 0.6 is 18.9 Å². The minimum absolute atomic E-state index is 0.579. The van der Waals surface area contributed by atoms with Crippen molar-refractivity contribution in [2.24, 2.45) is 0 Å². The number of rotatable bonds is 5. The summed E-state index contributed by atoms with van der Waals surface area (Å²) in [5.41, 5.74) is 11.3. The predicted octanol–water partition coefficient (Wildman–Crippen LogP) is 13.1. The van der Waals surface area contributed by atoms with Crippen molar-refractivity contribution in [1.29, 1.82) is 0 Å². The normalized spacial score (nSPS) is 13.8. The number of hydrogen-bond donors (Lipinski definition) is 0. The standard InChI is InChI=1S/C55H37N2OPS/c58-59(40-20-6-2-7-21-40,41-22-8-3-9-23-41)42-34-32-39(33-35-42)56-48-28-14-10-24-43(48)53-51(56)37-36-47-54(53)60-52-31-17-13-27-46(52)55(47)44-25-11-15-29-49(44)57(38-18-4-1-5-19-38)50-30-16-12-26-45(50)55/h1-37H. The summed E-state index contributed by atoms with van der Waals surface area (Å²) in [6, 6.07) is 79.5. The molecule has 0 saturated heterocycles. The molecule has 9 aromatic carbocycles. The van der Waals surface area contributed by atoms with Gasteiger partial charge in [0.1, 0.15) is 0 Å². The first-order valence-corrected chi connectivity index (χ1v) is 22.9. The highest BCUT2D eigenvalue weighted by molar-refractivity contribution is 7.99. The van der Waals surface area contributed by atoms with Gasteiger partial charge in [-0.1, -0.05) is 169 Å². The molecule has 5 heteroatoms. The smallest absolute Gasteiger partial charge is 0.171 e. The van der Waals surface area contributed by atoms with E-state index < -0.39 is 12.6 Å². The lowest BCUT2D eigenvalue weighted by Gasteiger charge is -2.49. The Bertz CT molecular complexity index is 3230. The van der Waals surface area contributed by atoms with E-state index in [1.807, 2.05) is 72.4 Å². The average Bonchev–Trinajstić information content (AvgIpc) is 3.67. The number of para-hydroxylation sites is 4. The molecule has 2 aliphatic heterocycles. The van der Waals surface area contributed by atoms with Crippen molar-refractivity contribution >= 4 is 73.7 Å². The molecule has 0 aliphatic carbocycles. The second-order valence-electron chi connectivity index (χ2n) is 15.5. The highest BCUT2D eigenvalue weighted by Crippen LogP contribution is 2.64. The Balaban J connectivity index is 1.11. The predicted molar refractivity (Wildman–Crippen MR) is 251 cm³/mol. The summed E-state index contributed by atoms with van der Waals surface area (Å²) >= 11 is 1.89. The van der Waals surface area contributed by atoms with E-state index in [0.717, 1.165) is 38.3 Å². The lowest BCUT2D eigenvalue weighted by Crippen LogP contribution is -2.39. The third-order valence-corrected chi connectivity index (χ3v) is 16.8. The lowest BCUT2D eigenvalue weighted by molar-refractivity contribution is 0.592. The van der Waals surface area contributed by atoms with E-state index in [9.17, 15) is 0 Å². The third kappa shape index (κ3) is 4.90. The third-order valence-electron chi connectivity index (χ3n) is 12.5. The van der Waals surface area contributed by atoms with Crippen LogP contribution < -0.4 is 20.8 Å². The van der Waals surface area contributed by atoms with E-state index in [2.05, 4.69) is 173 Å². The van der Waals surface area contributed by atoms with E-state index in [1.165, 1.54) is 54.2 Å². The minimum atomic E-state index is -3.13. The van der Waals surface area contributed by atoms with Crippen LogP contribution in [0.15, 0.2) is 234 Å². The van der Waals surface area contributed by atoms with Gasteiger partial charge in [-0.05, 0) is 89.0 Å². The quantitative estimate of drug-likeness (QED) is 0.162. The van der Waals surface area contributed by atoms with Crippen molar-refractivity contribution in [3.05, 3.63) is 247 Å². The first-order chi connectivity index (χ1) is 29.7. The van der Waals surface area contributed by atoms with E-state index in [4.69, 9.17) is 0 Å². The van der Waals surface area contributed by atoms with Crippen molar-refractivity contribution in [3.63, 3.8) is 0 Å². The molecule has 284 valence electrons. The van der Waals surface area contributed by atoms with Crippen molar-refractivity contribution in [3.8, 4) is 5.69 Å². The largest absolute Gasteiger partial charge is 0.310 e. The molecule has 3 nitrogen and oxygen atoms in total. The van der Waals surface area contributed by atoms with Crippen LogP contribution in [0, 0.1) is 0 Å². The number of fused-ring (bicyclic) bond motifs is 12. The summed E-state index contributed by atoms with van der Waals surface area (Å²) in [4.78, 5) is 4.96. The monoisotopic (exact) mass is 804 g/mol. The Morgan fingerprint density at radius 3 is 1.57 bits per heavy atom. The van der Waals surface area contributed by atoms with E-state index >= 15 is 4.57 Å². The zero-order valence-electron chi connectivity index (χ0n) is 32.5. The molecule has 0 fully saturated rings. The molecule has 0 unspecified atom stereocenters. The highest BCUT2D eigenvalue weighted by Gasteiger charge is 2.50.